The molecule has 2 amide bonds. The Balaban J connectivity index is 1.63. The monoisotopic (exact) mass is 480 g/mol. The van der Waals surface area contributed by atoms with Crippen molar-refractivity contribution in [3.63, 3.8) is 0 Å². The molecule has 0 atom stereocenters. The zero-order valence-electron chi connectivity index (χ0n) is 13.9. The molecule has 0 aromatic heterocycles. The quantitative estimate of drug-likeness (QED) is 0.463. The van der Waals surface area contributed by atoms with E-state index in [0.717, 1.165) is 10.0 Å². The molecule has 0 bridgehead atoms. The molecule has 2 aromatic rings. The molecule has 8 heteroatoms. The molecule has 0 radical (unpaired) electrons. The predicted octanol–water partition coefficient (Wildman–Crippen LogP) is 5.33. The smallest absolute Gasteiger partial charge is 0.266 e. The number of halogens is 2. The van der Waals surface area contributed by atoms with Gasteiger partial charge in [-0.25, -0.2) is 0 Å². The zero-order valence-corrected chi connectivity index (χ0v) is 17.9. The minimum absolute atomic E-state index is 0.146. The molecule has 0 saturated carbocycles. The number of rotatable bonds is 5. The molecular formula is C19H14BrClN2O2S2. The predicted molar refractivity (Wildman–Crippen MR) is 119 cm³/mol. The van der Waals surface area contributed by atoms with Crippen molar-refractivity contribution in [2.24, 2.45) is 0 Å². The summed E-state index contributed by atoms with van der Waals surface area (Å²) >= 11 is 16.0. The Bertz CT molecular complexity index is 949. The van der Waals surface area contributed by atoms with Crippen molar-refractivity contribution in [1.29, 1.82) is 0 Å². The Hall–Kier alpha value is -1.67. The van der Waals surface area contributed by atoms with Gasteiger partial charge >= 0.3 is 0 Å². The van der Waals surface area contributed by atoms with Crippen LogP contribution in [-0.2, 0) is 9.59 Å². The molecular weight excluding hydrogens is 468 g/mol. The van der Waals surface area contributed by atoms with E-state index in [1.807, 2.05) is 36.4 Å². The van der Waals surface area contributed by atoms with Crippen LogP contribution in [0.4, 0.5) is 5.69 Å². The van der Waals surface area contributed by atoms with Crippen LogP contribution in [0.25, 0.3) is 6.08 Å². The molecule has 4 nitrogen and oxygen atoms in total. The normalized spacial score (nSPS) is 15.5. The first-order valence-electron chi connectivity index (χ1n) is 8.00. The Kier molecular flexibility index (Phi) is 6.70. The van der Waals surface area contributed by atoms with E-state index in [4.69, 9.17) is 23.8 Å². The highest BCUT2D eigenvalue weighted by Crippen LogP contribution is 2.33. The summed E-state index contributed by atoms with van der Waals surface area (Å²) in [7, 11) is 0. The van der Waals surface area contributed by atoms with Crippen LogP contribution in [0.5, 0.6) is 0 Å². The average Bonchev–Trinajstić information content (AvgIpc) is 2.90. The molecule has 2 aromatic carbocycles. The number of carbonyl (C=O) groups is 2. The summed E-state index contributed by atoms with van der Waals surface area (Å²) in [4.78, 5) is 26.8. The van der Waals surface area contributed by atoms with Crippen LogP contribution in [0.1, 0.15) is 12.0 Å². The molecule has 138 valence electrons. The fourth-order valence-electron chi connectivity index (χ4n) is 2.41. The number of hydrogen-bond donors (Lipinski definition) is 1. The molecule has 0 unspecified atom stereocenters. The largest absolute Gasteiger partial charge is 0.325 e. The molecule has 27 heavy (non-hydrogen) atoms. The first-order chi connectivity index (χ1) is 13.0. The molecule has 1 fully saturated rings. The van der Waals surface area contributed by atoms with Crippen molar-refractivity contribution in [3.8, 4) is 0 Å². The number of amides is 2. The van der Waals surface area contributed by atoms with Gasteiger partial charge in [0.15, 0.2) is 0 Å². The summed E-state index contributed by atoms with van der Waals surface area (Å²) in [6.45, 7) is 0.223. The fraction of sp³-hybridized carbons (Fsp3) is 0.105. The van der Waals surface area contributed by atoms with E-state index in [-0.39, 0.29) is 24.8 Å². The van der Waals surface area contributed by atoms with Crippen molar-refractivity contribution in [2.45, 2.75) is 6.42 Å². The van der Waals surface area contributed by atoms with Crippen LogP contribution in [-0.4, -0.2) is 27.6 Å². The maximum Gasteiger partial charge on any atom is 0.266 e. The highest BCUT2D eigenvalue weighted by Gasteiger charge is 2.32. The number of benzene rings is 2. The van der Waals surface area contributed by atoms with E-state index in [2.05, 4.69) is 21.2 Å². The van der Waals surface area contributed by atoms with Gasteiger partial charge < -0.3 is 5.32 Å². The Morgan fingerprint density at radius 1 is 1.22 bits per heavy atom. The highest BCUT2D eigenvalue weighted by atomic mass is 79.9. The van der Waals surface area contributed by atoms with Gasteiger partial charge in [-0.2, -0.15) is 0 Å². The Morgan fingerprint density at radius 3 is 2.67 bits per heavy atom. The van der Waals surface area contributed by atoms with Crippen molar-refractivity contribution in [3.05, 3.63) is 68.5 Å². The molecule has 3 rings (SSSR count). The third-order valence-corrected chi connectivity index (χ3v) is 6.19. The van der Waals surface area contributed by atoms with Gasteiger partial charge in [-0.1, -0.05) is 65.9 Å². The standard InChI is InChI=1S/C19H14BrClN2O2S2/c20-13-6-2-4-8-15(13)22-17(24)9-10-23-18(25)16(27-19(23)26)11-12-5-1-3-7-14(12)21/h1-8,11H,9-10H2,(H,22,24)/b16-11+. The van der Waals surface area contributed by atoms with Gasteiger partial charge in [0.2, 0.25) is 5.91 Å². The first kappa shape index (κ1) is 20.1. The van der Waals surface area contributed by atoms with Gasteiger partial charge in [-0.15, -0.1) is 0 Å². The molecule has 0 spiro atoms. The summed E-state index contributed by atoms with van der Waals surface area (Å²) in [5, 5.41) is 3.38. The van der Waals surface area contributed by atoms with Gasteiger partial charge in [0.1, 0.15) is 4.32 Å². The Labute approximate surface area is 180 Å². The topological polar surface area (TPSA) is 49.4 Å². The lowest BCUT2D eigenvalue weighted by Crippen LogP contribution is -2.31. The molecule has 0 aliphatic carbocycles. The van der Waals surface area contributed by atoms with Crippen LogP contribution in [0.2, 0.25) is 5.02 Å². The third-order valence-electron chi connectivity index (χ3n) is 3.78. The second-order valence-corrected chi connectivity index (χ2v) is 8.57. The van der Waals surface area contributed by atoms with Crippen LogP contribution < -0.4 is 5.32 Å². The van der Waals surface area contributed by atoms with E-state index >= 15 is 0 Å². The van der Waals surface area contributed by atoms with E-state index < -0.39 is 0 Å². The SMILES string of the molecule is O=C(CCN1C(=O)/C(=C\c2ccccc2Cl)SC1=S)Nc1ccccc1Br. The van der Waals surface area contributed by atoms with Crippen molar-refractivity contribution in [2.75, 3.05) is 11.9 Å². The second-order valence-electron chi connectivity index (χ2n) is 5.63. The van der Waals surface area contributed by atoms with E-state index in [9.17, 15) is 9.59 Å². The minimum Gasteiger partial charge on any atom is -0.325 e. The maximum absolute atomic E-state index is 12.6. The summed E-state index contributed by atoms with van der Waals surface area (Å²) in [5.41, 5.74) is 1.44. The number of thioether (sulfide) groups is 1. The summed E-state index contributed by atoms with van der Waals surface area (Å²) in [6, 6.07) is 14.6. The lowest BCUT2D eigenvalue weighted by atomic mass is 10.2. The van der Waals surface area contributed by atoms with Crippen LogP contribution in [0.15, 0.2) is 57.9 Å². The van der Waals surface area contributed by atoms with Gasteiger partial charge in [0.05, 0.1) is 10.6 Å². The van der Waals surface area contributed by atoms with Gasteiger partial charge in [-0.3, -0.25) is 14.5 Å². The van der Waals surface area contributed by atoms with Crippen molar-refractivity contribution >= 4 is 79.4 Å². The van der Waals surface area contributed by atoms with Crippen molar-refractivity contribution in [1.82, 2.24) is 4.90 Å². The number of para-hydroxylation sites is 1. The minimum atomic E-state index is -0.210. The van der Waals surface area contributed by atoms with Gasteiger partial charge in [-0.05, 0) is 45.8 Å². The van der Waals surface area contributed by atoms with E-state index in [1.165, 1.54) is 16.7 Å². The maximum atomic E-state index is 12.6. The molecule has 1 saturated heterocycles. The lowest BCUT2D eigenvalue weighted by molar-refractivity contribution is -0.122. The number of thiocarbonyl (C=S) groups is 1. The molecule has 1 aliphatic rings. The number of anilines is 1. The number of nitrogens with one attached hydrogen (secondary N) is 1. The van der Waals surface area contributed by atoms with Crippen molar-refractivity contribution < 1.29 is 9.59 Å². The summed E-state index contributed by atoms with van der Waals surface area (Å²) < 4.78 is 1.23. The van der Waals surface area contributed by atoms with Gasteiger partial charge in [0.25, 0.3) is 5.91 Å². The van der Waals surface area contributed by atoms with Gasteiger partial charge in [0, 0.05) is 22.5 Å². The fourth-order valence-corrected chi connectivity index (χ4v) is 4.29. The van der Waals surface area contributed by atoms with E-state index in [1.54, 1.807) is 18.2 Å². The van der Waals surface area contributed by atoms with Crippen LogP contribution in [0.3, 0.4) is 0 Å². The number of carbonyl (C=O) groups excluding carboxylic acids is 2. The lowest BCUT2D eigenvalue weighted by Gasteiger charge is -2.14. The molecule has 1 aliphatic heterocycles. The first-order valence-corrected chi connectivity index (χ1v) is 10.4. The zero-order chi connectivity index (χ0) is 19.4. The van der Waals surface area contributed by atoms with E-state index in [0.29, 0.717) is 19.9 Å². The average molecular weight is 482 g/mol. The molecule has 1 N–H and O–H groups in total. The number of nitrogens with zero attached hydrogens (tertiary/aromatic N) is 1. The van der Waals surface area contributed by atoms with Crippen LogP contribution in [0, 0.1) is 0 Å². The summed E-state index contributed by atoms with van der Waals surface area (Å²) in [6.07, 6.45) is 1.87. The second kappa shape index (κ2) is 9.01. The summed E-state index contributed by atoms with van der Waals surface area (Å²) in [5.74, 6) is -0.398. The Morgan fingerprint density at radius 2 is 1.93 bits per heavy atom. The number of hydrogen-bond acceptors (Lipinski definition) is 4. The third kappa shape index (κ3) is 4.99. The highest BCUT2D eigenvalue weighted by molar-refractivity contribution is 9.10. The van der Waals surface area contributed by atoms with Crippen LogP contribution >= 0.6 is 51.5 Å². The molecule has 1 heterocycles.